The molecule has 0 aromatic heterocycles. The van der Waals surface area contributed by atoms with E-state index >= 15 is 0 Å². The minimum absolute atomic E-state index is 0.240. The molecule has 0 atom stereocenters. The first-order valence-electron chi connectivity index (χ1n) is 6.45. The van der Waals surface area contributed by atoms with Gasteiger partial charge < -0.3 is 9.47 Å². The van der Waals surface area contributed by atoms with Gasteiger partial charge in [-0.1, -0.05) is 18.2 Å². The van der Waals surface area contributed by atoms with Gasteiger partial charge in [0.1, 0.15) is 11.4 Å². The zero-order valence-electron chi connectivity index (χ0n) is 11.9. The van der Waals surface area contributed by atoms with Crippen molar-refractivity contribution in [2.75, 3.05) is 6.61 Å². The van der Waals surface area contributed by atoms with Gasteiger partial charge in [-0.3, -0.25) is 4.79 Å². The van der Waals surface area contributed by atoms with Crippen LogP contribution in [0.3, 0.4) is 0 Å². The molecule has 1 aromatic carbocycles. The van der Waals surface area contributed by atoms with Gasteiger partial charge in [-0.25, -0.2) is 0 Å². The second-order valence-electron chi connectivity index (χ2n) is 5.32. The van der Waals surface area contributed by atoms with Crippen LogP contribution in [0.4, 0.5) is 0 Å². The Morgan fingerprint density at radius 2 is 1.89 bits per heavy atom. The minimum atomic E-state index is -0.441. The topological polar surface area (TPSA) is 35.5 Å². The molecule has 0 spiro atoms. The Labute approximate surface area is 115 Å². The molecule has 0 aliphatic carbocycles. The zero-order chi connectivity index (χ0) is 14.3. The third-order valence-corrected chi connectivity index (χ3v) is 2.30. The fourth-order valence-electron chi connectivity index (χ4n) is 1.53. The Balaban J connectivity index is 2.33. The third-order valence-electron chi connectivity index (χ3n) is 2.30. The van der Waals surface area contributed by atoms with E-state index in [0.29, 0.717) is 6.61 Å². The molecule has 0 N–H and O–H groups in total. The predicted molar refractivity (Wildman–Crippen MR) is 76.3 cm³/mol. The molecular formula is C16H22O3. The summed E-state index contributed by atoms with van der Waals surface area (Å²) in [6.07, 6.45) is 2.96. The lowest BCUT2D eigenvalue weighted by Crippen LogP contribution is -2.24. The van der Waals surface area contributed by atoms with Crippen LogP contribution in [0, 0.1) is 0 Å². The highest BCUT2D eigenvalue weighted by Gasteiger charge is 2.15. The number of hydrogen-bond acceptors (Lipinski definition) is 3. The first kappa shape index (κ1) is 15.3. The number of hydrogen-bond donors (Lipinski definition) is 0. The highest BCUT2D eigenvalue weighted by molar-refractivity contribution is 5.69. The lowest BCUT2D eigenvalue weighted by molar-refractivity contribution is -0.155. The molecule has 0 amide bonds. The van der Waals surface area contributed by atoms with E-state index < -0.39 is 5.60 Å². The van der Waals surface area contributed by atoms with Crippen LogP contribution < -0.4 is 4.74 Å². The van der Waals surface area contributed by atoms with Crippen molar-refractivity contribution in [3.05, 3.63) is 42.5 Å². The Hall–Kier alpha value is -1.77. The van der Waals surface area contributed by atoms with Crippen molar-refractivity contribution >= 4 is 5.97 Å². The molecule has 0 aliphatic heterocycles. The van der Waals surface area contributed by atoms with E-state index in [4.69, 9.17) is 9.47 Å². The van der Waals surface area contributed by atoms with E-state index in [1.54, 1.807) is 0 Å². The normalized spacial score (nSPS) is 10.9. The molecule has 0 bridgehead atoms. The van der Waals surface area contributed by atoms with Crippen LogP contribution in [0.15, 0.2) is 36.9 Å². The smallest absolute Gasteiger partial charge is 0.309 e. The summed E-state index contributed by atoms with van der Waals surface area (Å²) >= 11 is 0. The number of benzene rings is 1. The first-order valence-corrected chi connectivity index (χ1v) is 6.45. The van der Waals surface area contributed by atoms with Crippen LogP contribution in [-0.4, -0.2) is 18.2 Å². The van der Waals surface area contributed by atoms with Crippen molar-refractivity contribution < 1.29 is 14.3 Å². The summed E-state index contributed by atoms with van der Waals surface area (Å²) in [5, 5.41) is 0. The quantitative estimate of drug-likeness (QED) is 0.581. The first-order chi connectivity index (χ1) is 8.90. The largest absolute Gasteiger partial charge is 0.493 e. The van der Waals surface area contributed by atoms with Crippen LogP contribution in [-0.2, 0) is 16.0 Å². The molecule has 3 heteroatoms. The molecule has 0 heterocycles. The van der Waals surface area contributed by atoms with Crippen LogP contribution in [0.5, 0.6) is 5.75 Å². The van der Waals surface area contributed by atoms with E-state index in [1.165, 1.54) is 5.56 Å². The third kappa shape index (κ3) is 6.65. The lowest BCUT2D eigenvalue weighted by Gasteiger charge is -2.19. The molecule has 3 nitrogen and oxygen atoms in total. The van der Waals surface area contributed by atoms with Gasteiger partial charge in [-0.05, 0) is 44.9 Å². The number of allylic oxidation sites excluding steroid dienone is 1. The van der Waals surface area contributed by atoms with Gasteiger partial charge in [-0.2, -0.15) is 0 Å². The van der Waals surface area contributed by atoms with Crippen LogP contribution in [0.1, 0.15) is 32.8 Å². The number of carbonyl (C=O) groups is 1. The van der Waals surface area contributed by atoms with Crippen molar-refractivity contribution in [2.45, 2.75) is 39.2 Å². The van der Waals surface area contributed by atoms with Gasteiger partial charge in [0.25, 0.3) is 0 Å². The maximum Gasteiger partial charge on any atom is 0.309 e. The van der Waals surface area contributed by atoms with Crippen LogP contribution in [0.2, 0.25) is 0 Å². The van der Waals surface area contributed by atoms with Gasteiger partial charge in [0.05, 0.1) is 13.0 Å². The maximum absolute atomic E-state index is 11.5. The highest BCUT2D eigenvalue weighted by Crippen LogP contribution is 2.13. The summed E-state index contributed by atoms with van der Waals surface area (Å²) in [4.78, 5) is 11.5. The van der Waals surface area contributed by atoms with E-state index in [0.717, 1.165) is 12.2 Å². The number of ether oxygens (including phenoxy) is 2. The molecule has 0 aliphatic rings. The number of carbonyl (C=O) groups excluding carboxylic acids is 1. The van der Waals surface area contributed by atoms with Crippen LogP contribution >= 0.6 is 0 Å². The monoisotopic (exact) mass is 262 g/mol. The fraction of sp³-hybridized carbons (Fsp3) is 0.438. The van der Waals surface area contributed by atoms with Crippen molar-refractivity contribution in [1.82, 2.24) is 0 Å². The number of esters is 1. The van der Waals surface area contributed by atoms with Gasteiger partial charge in [-0.15, -0.1) is 6.58 Å². The van der Waals surface area contributed by atoms with E-state index in [9.17, 15) is 4.79 Å². The second-order valence-corrected chi connectivity index (χ2v) is 5.32. The average molecular weight is 262 g/mol. The maximum atomic E-state index is 11.5. The van der Waals surface area contributed by atoms with Crippen molar-refractivity contribution in [1.29, 1.82) is 0 Å². The molecule has 0 unspecified atom stereocenters. The SMILES string of the molecule is C=CCc1ccc(OCCC(=O)OC(C)(C)C)cc1. The predicted octanol–water partition coefficient (Wildman–Crippen LogP) is 3.53. The minimum Gasteiger partial charge on any atom is -0.493 e. The van der Waals surface area contributed by atoms with Crippen molar-refractivity contribution in [3.63, 3.8) is 0 Å². The molecule has 19 heavy (non-hydrogen) atoms. The Kier molecular flexibility index (Phi) is 5.61. The van der Waals surface area contributed by atoms with Gasteiger partial charge in [0, 0.05) is 0 Å². The van der Waals surface area contributed by atoms with Gasteiger partial charge in [0.15, 0.2) is 0 Å². The van der Waals surface area contributed by atoms with Gasteiger partial charge >= 0.3 is 5.97 Å². The summed E-state index contributed by atoms with van der Waals surface area (Å²) in [5.41, 5.74) is 0.748. The summed E-state index contributed by atoms with van der Waals surface area (Å²) in [5.74, 6) is 0.521. The second kappa shape index (κ2) is 6.98. The molecule has 0 saturated carbocycles. The van der Waals surface area contributed by atoms with Crippen LogP contribution in [0.25, 0.3) is 0 Å². The van der Waals surface area contributed by atoms with Crippen molar-refractivity contribution in [3.8, 4) is 5.75 Å². The van der Waals surface area contributed by atoms with E-state index in [2.05, 4.69) is 6.58 Å². The molecule has 104 valence electrons. The fourth-order valence-corrected chi connectivity index (χ4v) is 1.53. The molecule has 1 aromatic rings. The number of rotatable bonds is 6. The summed E-state index contributed by atoms with van der Waals surface area (Å²) in [6.45, 7) is 9.58. The van der Waals surface area contributed by atoms with E-state index in [1.807, 2.05) is 51.1 Å². The Morgan fingerprint density at radius 3 is 2.42 bits per heavy atom. The van der Waals surface area contributed by atoms with E-state index in [-0.39, 0.29) is 12.4 Å². The molecular weight excluding hydrogens is 240 g/mol. The molecule has 0 radical (unpaired) electrons. The summed E-state index contributed by atoms with van der Waals surface area (Å²) in [7, 11) is 0. The molecule has 1 rings (SSSR count). The highest BCUT2D eigenvalue weighted by atomic mass is 16.6. The average Bonchev–Trinajstić information content (AvgIpc) is 2.29. The zero-order valence-corrected chi connectivity index (χ0v) is 11.9. The Morgan fingerprint density at radius 1 is 1.26 bits per heavy atom. The van der Waals surface area contributed by atoms with Gasteiger partial charge in [0.2, 0.25) is 0 Å². The summed E-state index contributed by atoms with van der Waals surface area (Å²) in [6, 6.07) is 7.77. The van der Waals surface area contributed by atoms with Crippen molar-refractivity contribution in [2.24, 2.45) is 0 Å². The summed E-state index contributed by atoms with van der Waals surface area (Å²) < 4.78 is 10.7. The standard InChI is InChI=1S/C16H22O3/c1-5-6-13-7-9-14(10-8-13)18-12-11-15(17)19-16(2,3)4/h5,7-10H,1,6,11-12H2,2-4H3. The Bertz CT molecular complexity index is 413. The molecule has 0 saturated heterocycles. The lowest BCUT2D eigenvalue weighted by atomic mass is 10.1. The molecule has 0 fully saturated rings.